The number of halogens is 4. The molecular formula is C17H13ClF3N3O3. The largest absolute Gasteiger partial charge is 0.497 e. The van der Waals surface area contributed by atoms with Gasteiger partial charge in [0.15, 0.2) is 0 Å². The Balaban J connectivity index is 2.01. The third-order valence-corrected chi connectivity index (χ3v) is 3.55. The first kappa shape index (κ1) is 20.2. The molecule has 10 heteroatoms. The molecule has 0 atom stereocenters. The molecule has 0 saturated carbocycles. The first-order valence-electron chi connectivity index (χ1n) is 7.36. The van der Waals surface area contributed by atoms with Crippen LogP contribution >= 0.6 is 11.6 Å². The highest BCUT2D eigenvalue weighted by atomic mass is 35.5. The Hall–Kier alpha value is -3.07. The predicted octanol–water partition coefficient (Wildman–Crippen LogP) is 3.46. The van der Waals surface area contributed by atoms with Gasteiger partial charge >= 0.3 is 18.0 Å². The summed E-state index contributed by atoms with van der Waals surface area (Å²) in [6.45, 7) is 0. The van der Waals surface area contributed by atoms with Gasteiger partial charge in [-0.2, -0.15) is 18.3 Å². The molecule has 0 aliphatic heterocycles. The van der Waals surface area contributed by atoms with Crippen molar-refractivity contribution >= 4 is 35.3 Å². The van der Waals surface area contributed by atoms with Crippen LogP contribution in [0.4, 0.5) is 18.9 Å². The maximum atomic E-state index is 12.7. The molecule has 0 fully saturated rings. The minimum absolute atomic E-state index is 0.149. The summed E-state index contributed by atoms with van der Waals surface area (Å²) in [5.41, 5.74) is 1.20. The van der Waals surface area contributed by atoms with Crippen LogP contribution in [0, 0.1) is 0 Å². The van der Waals surface area contributed by atoms with Crippen molar-refractivity contribution in [3.8, 4) is 5.75 Å². The summed E-state index contributed by atoms with van der Waals surface area (Å²) in [6, 6.07) is 9.09. The second-order valence-corrected chi connectivity index (χ2v) is 5.53. The van der Waals surface area contributed by atoms with Gasteiger partial charge in [0.25, 0.3) is 0 Å². The molecule has 2 N–H and O–H groups in total. The molecule has 0 aromatic heterocycles. The van der Waals surface area contributed by atoms with Crippen LogP contribution in [0.15, 0.2) is 47.6 Å². The summed E-state index contributed by atoms with van der Waals surface area (Å²) in [5.74, 6) is -1.83. The average molecular weight is 400 g/mol. The van der Waals surface area contributed by atoms with Gasteiger partial charge in [0.2, 0.25) is 0 Å². The van der Waals surface area contributed by atoms with E-state index in [1.165, 1.54) is 13.3 Å². The van der Waals surface area contributed by atoms with E-state index < -0.39 is 23.6 Å². The molecule has 0 heterocycles. The Labute approximate surface area is 157 Å². The van der Waals surface area contributed by atoms with Gasteiger partial charge in [0.1, 0.15) is 5.75 Å². The van der Waals surface area contributed by atoms with Crippen LogP contribution in [-0.4, -0.2) is 25.1 Å². The van der Waals surface area contributed by atoms with Crippen LogP contribution in [0.1, 0.15) is 11.1 Å². The van der Waals surface area contributed by atoms with Gasteiger partial charge in [-0.3, -0.25) is 9.59 Å². The van der Waals surface area contributed by atoms with E-state index in [1.807, 2.05) is 10.7 Å². The number of hydrogen-bond donors (Lipinski definition) is 2. The van der Waals surface area contributed by atoms with E-state index in [2.05, 4.69) is 5.10 Å². The van der Waals surface area contributed by atoms with E-state index >= 15 is 0 Å². The van der Waals surface area contributed by atoms with Gasteiger partial charge in [0, 0.05) is 0 Å². The molecule has 2 amide bonds. The fraction of sp³-hybridized carbons (Fsp3) is 0.118. The van der Waals surface area contributed by atoms with Crippen molar-refractivity contribution in [3.63, 3.8) is 0 Å². The highest BCUT2D eigenvalue weighted by Crippen LogP contribution is 2.33. The molecule has 2 aromatic carbocycles. The highest BCUT2D eigenvalue weighted by Gasteiger charge is 2.31. The number of carbonyl (C=O) groups excluding carboxylic acids is 2. The summed E-state index contributed by atoms with van der Waals surface area (Å²) in [7, 11) is 1.49. The minimum atomic E-state index is -4.62. The van der Waals surface area contributed by atoms with Crippen LogP contribution in [-0.2, 0) is 15.8 Å². The monoisotopic (exact) mass is 399 g/mol. The van der Waals surface area contributed by atoms with Gasteiger partial charge in [-0.25, -0.2) is 5.43 Å². The SMILES string of the molecule is COc1cccc(C=NNC(=O)C(=O)Nc2cc(C(F)(F)F)ccc2Cl)c1. The zero-order valence-corrected chi connectivity index (χ0v) is 14.6. The first-order chi connectivity index (χ1) is 12.7. The van der Waals surface area contributed by atoms with Gasteiger partial charge in [-0.1, -0.05) is 23.7 Å². The van der Waals surface area contributed by atoms with Crippen LogP contribution in [0.25, 0.3) is 0 Å². The van der Waals surface area contributed by atoms with Crippen LogP contribution in [0.5, 0.6) is 5.75 Å². The Morgan fingerprint density at radius 2 is 1.89 bits per heavy atom. The standard InChI is InChI=1S/C17H13ClF3N3O3/c1-27-12-4-2-3-10(7-12)9-22-24-16(26)15(25)23-14-8-11(17(19,20)21)5-6-13(14)18/h2-9H,1H3,(H,23,25)(H,24,26). The fourth-order valence-electron chi connectivity index (χ4n) is 1.91. The van der Waals surface area contributed by atoms with Crippen LogP contribution < -0.4 is 15.5 Å². The second kappa shape index (κ2) is 8.54. The number of nitrogens with zero attached hydrogens (tertiary/aromatic N) is 1. The first-order valence-corrected chi connectivity index (χ1v) is 7.73. The summed E-state index contributed by atoms with van der Waals surface area (Å²) >= 11 is 5.75. The Kier molecular flexibility index (Phi) is 6.40. The zero-order chi connectivity index (χ0) is 20.0. The van der Waals surface area contributed by atoms with Gasteiger partial charge in [-0.15, -0.1) is 0 Å². The lowest BCUT2D eigenvalue weighted by Crippen LogP contribution is -2.32. The molecule has 0 bridgehead atoms. The zero-order valence-electron chi connectivity index (χ0n) is 13.8. The molecule has 142 valence electrons. The predicted molar refractivity (Wildman–Crippen MR) is 93.8 cm³/mol. The van der Waals surface area contributed by atoms with Crippen molar-refractivity contribution in [2.24, 2.45) is 5.10 Å². The van der Waals surface area contributed by atoms with Gasteiger partial charge in [0.05, 0.1) is 29.6 Å². The van der Waals surface area contributed by atoms with Gasteiger partial charge in [-0.05, 0) is 35.9 Å². The van der Waals surface area contributed by atoms with Crippen molar-refractivity contribution in [2.45, 2.75) is 6.18 Å². The van der Waals surface area contributed by atoms with E-state index in [-0.39, 0.29) is 10.7 Å². The maximum absolute atomic E-state index is 12.7. The van der Waals surface area contributed by atoms with Crippen molar-refractivity contribution in [1.82, 2.24) is 5.43 Å². The van der Waals surface area contributed by atoms with E-state index in [9.17, 15) is 22.8 Å². The molecule has 6 nitrogen and oxygen atoms in total. The van der Waals surface area contributed by atoms with Crippen LogP contribution in [0.2, 0.25) is 5.02 Å². The summed E-state index contributed by atoms with van der Waals surface area (Å²) in [6.07, 6.45) is -3.35. The normalized spacial score (nSPS) is 11.3. The number of anilines is 1. The van der Waals surface area contributed by atoms with Crippen molar-refractivity contribution in [1.29, 1.82) is 0 Å². The molecule has 0 spiro atoms. The van der Waals surface area contributed by atoms with Gasteiger partial charge < -0.3 is 10.1 Å². The Morgan fingerprint density at radius 3 is 2.56 bits per heavy atom. The number of rotatable bonds is 4. The second-order valence-electron chi connectivity index (χ2n) is 5.12. The van der Waals surface area contributed by atoms with Crippen molar-refractivity contribution in [2.75, 3.05) is 12.4 Å². The Bertz CT molecular complexity index is 885. The molecule has 0 aliphatic carbocycles. The Morgan fingerprint density at radius 1 is 1.15 bits per heavy atom. The third kappa shape index (κ3) is 5.71. The van der Waals surface area contributed by atoms with E-state index in [0.717, 1.165) is 12.1 Å². The lowest BCUT2D eigenvalue weighted by molar-refractivity contribution is -0.137. The average Bonchev–Trinajstić information content (AvgIpc) is 2.62. The molecule has 0 aliphatic rings. The highest BCUT2D eigenvalue weighted by molar-refractivity contribution is 6.41. The van der Waals surface area contributed by atoms with Crippen molar-refractivity contribution < 1.29 is 27.5 Å². The number of benzene rings is 2. The van der Waals surface area contributed by atoms with Crippen LogP contribution in [0.3, 0.4) is 0 Å². The minimum Gasteiger partial charge on any atom is -0.497 e. The molecule has 2 rings (SSSR count). The molecular weight excluding hydrogens is 387 g/mol. The lowest BCUT2D eigenvalue weighted by Gasteiger charge is -2.11. The lowest BCUT2D eigenvalue weighted by atomic mass is 10.2. The molecule has 27 heavy (non-hydrogen) atoms. The number of hydrazone groups is 1. The summed E-state index contributed by atoms with van der Waals surface area (Å²) < 4.78 is 43.2. The number of amides is 2. The van der Waals surface area contributed by atoms with E-state index in [4.69, 9.17) is 16.3 Å². The summed E-state index contributed by atoms with van der Waals surface area (Å²) in [5, 5.41) is 5.47. The number of carbonyl (C=O) groups is 2. The number of nitrogens with one attached hydrogen (secondary N) is 2. The van der Waals surface area contributed by atoms with E-state index in [1.54, 1.807) is 24.3 Å². The number of methoxy groups -OCH3 is 1. The topological polar surface area (TPSA) is 79.8 Å². The smallest absolute Gasteiger partial charge is 0.416 e. The quantitative estimate of drug-likeness (QED) is 0.469. The molecule has 0 saturated heterocycles. The number of ether oxygens (including phenoxy) is 1. The summed E-state index contributed by atoms with van der Waals surface area (Å²) in [4.78, 5) is 23.5. The number of alkyl halides is 3. The molecule has 0 unspecified atom stereocenters. The van der Waals surface area contributed by atoms with E-state index in [0.29, 0.717) is 17.4 Å². The van der Waals surface area contributed by atoms with Crippen molar-refractivity contribution in [3.05, 3.63) is 58.6 Å². The molecule has 2 aromatic rings. The fourth-order valence-corrected chi connectivity index (χ4v) is 2.08. The number of hydrogen-bond acceptors (Lipinski definition) is 4. The maximum Gasteiger partial charge on any atom is 0.416 e. The third-order valence-electron chi connectivity index (χ3n) is 3.22. The molecule has 0 radical (unpaired) electrons.